The van der Waals surface area contributed by atoms with Crippen LogP contribution in [-0.2, 0) is 16.1 Å². The van der Waals surface area contributed by atoms with Crippen molar-refractivity contribution in [2.45, 2.75) is 39.8 Å². The molecular weight excluding hydrogens is 245 g/mol. The van der Waals surface area contributed by atoms with E-state index in [0.717, 1.165) is 5.56 Å². The molecule has 0 aliphatic heterocycles. The van der Waals surface area contributed by atoms with Crippen LogP contribution in [0.1, 0.15) is 33.3 Å². The summed E-state index contributed by atoms with van der Waals surface area (Å²) in [6, 6.07) is 6.29. The highest BCUT2D eigenvalue weighted by molar-refractivity contribution is 5.77. The van der Waals surface area contributed by atoms with Crippen LogP contribution in [-0.4, -0.2) is 29.6 Å². The predicted octanol–water partition coefficient (Wildman–Crippen LogP) is 2.99. The van der Waals surface area contributed by atoms with Crippen molar-refractivity contribution in [3.63, 3.8) is 0 Å². The van der Waals surface area contributed by atoms with Crippen molar-refractivity contribution in [2.75, 3.05) is 13.2 Å². The molecule has 0 saturated heterocycles. The average Bonchev–Trinajstić information content (AvgIpc) is 2.32. The second-order valence-electron chi connectivity index (χ2n) is 5.44. The van der Waals surface area contributed by atoms with Gasteiger partial charge < -0.3 is 9.64 Å². The van der Waals surface area contributed by atoms with Gasteiger partial charge in [-0.3, -0.25) is 4.79 Å². The summed E-state index contributed by atoms with van der Waals surface area (Å²) in [6.07, 6.45) is 0. The summed E-state index contributed by atoms with van der Waals surface area (Å²) < 4.78 is 18.6. The number of amides is 1. The van der Waals surface area contributed by atoms with Gasteiger partial charge in [-0.1, -0.05) is 12.1 Å². The van der Waals surface area contributed by atoms with Crippen molar-refractivity contribution in [1.29, 1.82) is 0 Å². The Labute approximate surface area is 114 Å². The molecule has 19 heavy (non-hydrogen) atoms. The number of nitrogens with zero attached hydrogens (tertiary/aromatic N) is 1. The van der Waals surface area contributed by atoms with Crippen LogP contribution in [0.3, 0.4) is 0 Å². The Hall–Kier alpha value is -1.42. The molecule has 0 radical (unpaired) electrons. The SMILES string of the molecule is CCN(Cc1cccc(F)c1)C(=O)COC(C)(C)C. The van der Waals surface area contributed by atoms with Gasteiger partial charge in [-0.25, -0.2) is 4.39 Å². The van der Waals surface area contributed by atoms with Crippen molar-refractivity contribution >= 4 is 5.91 Å². The number of halogens is 1. The van der Waals surface area contributed by atoms with Gasteiger partial charge in [0, 0.05) is 13.1 Å². The lowest BCUT2D eigenvalue weighted by atomic mass is 10.2. The largest absolute Gasteiger partial charge is 0.366 e. The van der Waals surface area contributed by atoms with E-state index in [1.54, 1.807) is 11.0 Å². The zero-order chi connectivity index (χ0) is 14.5. The van der Waals surface area contributed by atoms with Crippen LogP contribution in [0.15, 0.2) is 24.3 Å². The summed E-state index contributed by atoms with van der Waals surface area (Å²) in [5.74, 6) is -0.367. The zero-order valence-corrected chi connectivity index (χ0v) is 12.1. The first kappa shape index (κ1) is 15.6. The van der Waals surface area contributed by atoms with Gasteiger partial charge in [0.1, 0.15) is 12.4 Å². The number of ether oxygens (including phenoxy) is 1. The van der Waals surface area contributed by atoms with Gasteiger partial charge in [0.2, 0.25) is 5.91 Å². The smallest absolute Gasteiger partial charge is 0.248 e. The molecule has 106 valence electrons. The normalized spacial score (nSPS) is 11.4. The number of benzene rings is 1. The topological polar surface area (TPSA) is 29.5 Å². The number of carbonyl (C=O) groups is 1. The Morgan fingerprint density at radius 1 is 1.37 bits per heavy atom. The van der Waals surface area contributed by atoms with Crippen molar-refractivity contribution in [2.24, 2.45) is 0 Å². The molecule has 1 rings (SSSR count). The molecule has 1 aromatic rings. The number of hydrogen-bond donors (Lipinski definition) is 0. The van der Waals surface area contributed by atoms with Crippen molar-refractivity contribution < 1.29 is 13.9 Å². The molecular formula is C15H22FNO2. The van der Waals surface area contributed by atoms with Crippen LogP contribution in [0.2, 0.25) is 0 Å². The Morgan fingerprint density at radius 3 is 2.58 bits per heavy atom. The van der Waals surface area contributed by atoms with E-state index in [4.69, 9.17) is 4.74 Å². The minimum absolute atomic E-state index is 0.0483. The number of carbonyl (C=O) groups excluding carboxylic acids is 1. The number of rotatable bonds is 5. The number of likely N-dealkylation sites (N-methyl/N-ethyl adjacent to an activating group) is 1. The second-order valence-corrected chi connectivity index (χ2v) is 5.44. The van der Waals surface area contributed by atoms with Gasteiger partial charge in [0.05, 0.1) is 5.60 Å². The summed E-state index contributed by atoms with van der Waals surface area (Å²) in [4.78, 5) is 13.7. The third-order valence-corrected chi connectivity index (χ3v) is 2.63. The molecule has 0 heterocycles. The summed E-state index contributed by atoms with van der Waals surface area (Å²) in [5.41, 5.74) is 0.444. The van der Waals surface area contributed by atoms with E-state index in [0.29, 0.717) is 13.1 Å². The third kappa shape index (κ3) is 5.83. The van der Waals surface area contributed by atoms with Crippen molar-refractivity contribution in [3.05, 3.63) is 35.6 Å². The molecule has 0 bridgehead atoms. The van der Waals surface area contributed by atoms with Gasteiger partial charge >= 0.3 is 0 Å². The Kier molecular flexibility index (Phi) is 5.48. The average molecular weight is 267 g/mol. The van der Waals surface area contributed by atoms with Gasteiger partial charge in [0.25, 0.3) is 0 Å². The molecule has 4 heteroatoms. The Balaban J connectivity index is 2.60. The third-order valence-electron chi connectivity index (χ3n) is 2.63. The van der Waals surface area contributed by atoms with Crippen molar-refractivity contribution in [1.82, 2.24) is 4.90 Å². The van der Waals surface area contributed by atoms with Crippen LogP contribution >= 0.6 is 0 Å². The van der Waals surface area contributed by atoms with E-state index >= 15 is 0 Å². The van der Waals surface area contributed by atoms with Gasteiger partial charge in [0.15, 0.2) is 0 Å². The van der Waals surface area contributed by atoms with E-state index in [9.17, 15) is 9.18 Å². The van der Waals surface area contributed by atoms with E-state index in [1.165, 1.54) is 12.1 Å². The lowest BCUT2D eigenvalue weighted by Crippen LogP contribution is -2.36. The van der Waals surface area contributed by atoms with E-state index < -0.39 is 0 Å². The molecule has 0 aromatic heterocycles. The maximum Gasteiger partial charge on any atom is 0.248 e. The maximum absolute atomic E-state index is 13.1. The lowest BCUT2D eigenvalue weighted by molar-refractivity contribution is -0.141. The van der Waals surface area contributed by atoms with E-state index in [-0.39, 0.29) is 23.9 Å². The monoisotopic (exact) mass is 267 g/mol. The Bertz CT molecular complexity index is 426. The lowest BCUT2D eigenvalue weighted by Gasteiger charge is -2.24. The fourth-order valence-electron chi connectivity index (χ4n) is 1.60. The fourth-order valence-corrected chi connectivity index (χ4v) is 1.60. The fraction of sp³-hybridized carbons (Fsp3) is 0.533. The van der Waals surface area contributed by atoms with Crippen molar-refractivity contribution in [3.8, 4) is 0 Å². The molecule has 3 nitrogen and oxygen atoms in total. The first-order chi connectivity index (χ1) is 8.81. The summed E-state index contributed by atoms with van der Waals surface area (Å²) in [6.45, 7) is 8.64. The van der Waals surface area contributed by atoms with Gasteiger partial charge in [-0.15, -0.1) is 0 Å². The van der Waals surface area contributed by atoms with Crippen LogP contribution in [0.4, 0.5) is 4.39 Å². The molecule has 0 unspecified atom stereocenters. The van der Waals surface area contributed by atoms with Gasteiger partial charge in [-0.05, 0) is 45.4 Å². The standard InChI is InChI=1S/C15H22FNO2/c1-5-17(14(18)11-19-15(2,3)4)10-12-7-6-8-13(16)9-12/h6-9H,5,10-11H2,1-4H3. The molecule has 0 aliphatic rings. The Morgan fingerprint density at radius 2 is 2.05 bits per heavy atom. The molecule has 0 atom stereocenters. The highest BCUT2D eigenvalue weighted by Gasteiger charge is 2.17. The van der Waals surface area contributed by atoms with Gasteiger partial charge in [-0.2, -0.15) is 0 Å². The first-order valence-corrected chi connectivity index (χ1v) is 6.48. The van der Waals surface area contributed by atoms with E-state index in [2.05, 4.69) is 0 Å². The molecule has 1 amide bonds. The maximum atomic E-state index is 13.1. The van der Waals surface area contributed by atoms with Crippen LogP contribution in [0.5, 0.6) is 0 Å². The van der Waals surface area contributed by atoms with Crippen LogP contribution < -0.4 is 0 Å². The highest BCUT2D eigenvalue weighted by atomic mass is 19.1. The molecule has 0 saturated carbocycles. The quantitative estimate of drug-likeness (QED) is 0.820. The first-order valence-electron chi connectivity index (χ1n) is 6.48. The molecule has 0 N–H and O–H groups in total. The summed E-state index contributed by atoms with van der Waals surface area (Å²) in [5, 5.41) is 0. The van der Waals surface area contributed by atoms with Crippen LogP contribution in [0, 0.1) is 5.82 Å². The molecule has 0 fully saturated rings. The minimum Gasteiger partial charge on any atom is -0.366 e. The predicted molar refractivity (Wildman–Crippen MR) is 73.2 cm³/mol. The highest BCUT2D eigenvalue weighted by Crippen LogP contribution is 2.10. The molecule has 0 spiro atoms. The second kappa shape index (κ2) is 6.66. The number of hydrogen-bond acceptors (Lipinski definition) is 2. The summed E-state index contributed by atoms with van der Waals surface area (Å²) >= 11 is 0. The minimum atomic E-state index is -0.339. The van der Waals surface area contributed by atoms with E-state index in [1.807, 2.05) is 33.8 Å². The molecule has 0 aliphatic carbocycles. The van der Waals surface area contributed by atoms with Crippen LogP contribution in [0.25, 0.3) is 0 Å². The zero-order valence-electron chi connectivity index (χ0n) is 12.1. The summed E-state index contributed by atoms with van der Waals surface area (Å²) in [7, 11) is 0. The molecule has 1 aromatic carbocycles.